The molecule has 10 nitrogen and oxygen atoms in total. The number of rotatable bonds is 7. The number of ketones is 1. The van der Waals surface area contributed by atoms with Crippen LogP contribution < -0.4 is 14.2 Å². The van der Waals surface area contributed by atoms with Gasteiger partial charge in [0.1, 0.15) is 11.9 Å². The molecule has 0 fully saturated rings. The third-order valence-corrected chi connectivity index (χ3v) is 4.74. The zero-order valence-corrected chi connectivity index (χ0v) is 17.1. The molecule has 0 radical (unpaired) electrons. The molecule has 1 aliphatic heterocycles. The number of carbonyl (C=O) groups excluding carboxylic acids is 1. The first kappa shape index (κ1) is 22.5. The molecule has 0 bridgehead atoms. The monoisotopic (exact) mass is 436 g/mol. The summed E-state index contributed by atoms with van der Waals surface area (Å²) < 4.78 is 21.9. The number of hydrogen-bond acceptors (Lipinski definition) is 10. The van der Waals surface area contributed by atoms with E-state index < -0.39 is 41.9 Å². The number of carbonyl (C=O) groups is 1. The highest BCUT2D eigenvalue weighted by atomic mass is 16.7. The number of fused-ring (bicyclic) bond motifs is 1. The molecule has 0 spiro atoms. The number of aliphatic hydroxyl groups excluding tert-OH is 2. The number of ether oxygens (including phenoxy) is 4. The van der Waals surface area contributed by atoms with Crippen molar-refractivity contribution in [2.24, 2.45) is 0 Å². The summed E-state index contributed by atoms with van der Waals surface area (Å²) in [6.45, 7) is 2.87. The van der Waals surface area contributed by atoms with Gasteiger partial charge in [-0.15, -0.1) is 0 Å². The first-order valence-corrected chi connectivity index (χ1v) is 9.45. The van der Waals surface area contributed by atoms with Gasteiger partial charge in [0, 0.05) is 18.7 Å². The highest BCUT2D eigenvalue weighted by Crippen LogP contribution is 2.45. The molecular formula is C21H24O10. The van der Waals surface area contributed by atoms with Crippen molar-refractivity contribution in [2.45, 2.75) is 38.4 Å². The van der Waals surface area contributed by atoms with Crippen LogP contribution in [0.4, 0.5) is 0 Å². The molecule has 0 aromatic heterocycles. The van der Waals surface area contributed by atoms with E-state index in [1.807, 2.05) is 0 Å². The van der Waals surface area contributed by atoms with Gasteiger partial charge in [-0.05, 0) is 32.0 Å². The van der Waals surface area contributed by atoms with Crippen LogP contribution in [0.3, 0.4) is 0 Å². The van der Waals surface area contributed by atoms with Crippen molar-refractivity contribution in [3.63, 3.8) is 0 Å². The highest BCUT2D eigenvalue weighted by molar-refractivity contribution is 6.03. The molecule has 0 saturated heterocycles. The zero-order chi connectivity index (χ0) is 22.9. The zero-order valence-electron chi connectivity index (χ0n) is 17.1. The number of phenols is 3. The van der Waals surface area contributed by atoms with E-state index in [0.29, 0.717) is 0 Å². The van der Waals surface area contributed by atoms with Gasteiger partial charge in [0.2, 0.25) is 5.75 Å². The fourth-order valence-corrected chi connectivity index (χ4v) is 3.04. The minimum atomic E-state index is -1.66. The van der Waals surface area contributed by atoms with Crippen molar-refractivity contribution in [1.29, 1.82) is 0 Å². The standard InChI is InChI=1S/C21H24O10/c1-9(8-22)29-21-15(25)4-11(5-17(21)30-10(2)28-3)20-19(27)18(26)12-6-13(23)14(24)7-16(12)31-20/h4-7,9-10,19-20,22-25,27H,8H2,1-3H3. The van der Waals surface area contributed by atoms with E-state index in [1.54, 1.807) is 13.8 Å². The van der Waals surface area contributed by atoms with Gasteiger partial charge in [-0.2, -0.15) is 0 Å². The summed E-state index contributed by atoms with van der Waals surface area (Å²) in [7, 11) is 1.41. The quantitative estimate of drug-likeness (QED) is 0.319. The van der Waals surface area contributed by atoms with Gasteiger partial charge in [-0.3, -0.25) is 4.79 Å². The number of phenolic OH excluding ortho intramolecular Hbond substituents is 3. The molecule has 5 N–H and O–H groups in total. The molecule has 2 aromatic carbocycles. The summed E-state index contributed by atoms with van der Waals surface area (Å²) in [5.74, 6) is -2.20. The smallest absolute Gasteiger partial charge is 0.203 e. The lowest BCUT2D eigenvalue weighted by atomic mass is 9.93. The van der Waals surface area contributed by atoms with E-state index in [-0.39, 0.29) is 40.7 Å². The third kappa shape index (κ3) is 4.46. The first-order chi connectivity index (χ1) is 14.7. The van der Waals surface area contributed by atoms with E-state index in [2.05, 4.69) is 0 Å². The molecule has 0 saturated carbocycles. The Morgan fingerprint density at radius 3 is 2.35 bits per heavy atom. The molecule has 0 aliphatic carbocycles. The van der Waals surface area contributed by atoms with Crippen molar-refractivity contribution in [3.8, 4) is 34.5 Å². The second-order valence-electron chi connectivity index (χ2n) is 7.08. The van der Waals surface area contributed by atoms with Crippen molar-refractivity contribution >= 4 is 5.78 Å². The lowest BCUT2D eigenvalue weighted by molar-refractivity contribution is -0.0410. The van der Waals surface area contributed by atoms with Gasteiger partial charge < -0.3 is 44.5 Å². The lowest BCUT2D eigenvalue weighted by Gasteiger charge is -2.30. The molecule has 3 rings (SSSR count). The van der Waals surface area contributed by atoms with Crippen molar-refractivity contribution in [2.75, 3.05) is 13.7 Å². The van der Waals surface area contributed by atoms with Gasteiger partial charge in [-0.25, -0.2) is 0 Å². The predicted molar refractivity (Wildman–Crippen MR) is 106 cm³/mol. The maximum absolute atomic E-state index is 12.6. The number of methoxy groups -OCH3 is 1. The summed E-state index contributed by atoms with van der Waals surface area (Å²) in [6, 6.07) is 4.70. The van der Waals surface area contributed by atoms with Crippen LogP contribution >= 0.6 is 0 Å². The molecule has 168 valence electrons. The number of aromatic hydroxyl groups is 3. The molecular weight excluding hydrogens is 412 g/mol. The fourth-order valence-electron chi connectivity index (χ4n) is 3.04. The second-order valence-corrected chi connectivity index (χ2v) is 7.08. The van der Waals surface area contributed by atoms with Crippen molar-refractivity contribution in [1.82, 2.24) is 0 Å². The SMILES string of the molecule is COC(C)Oc1cc(C2Oc3cc(O)c(O)cc3C(=O)C2O)cc(O)c1OC(C)CO. The minimum Gasteiger partial charge on any atom is -0.504 e. The Morgan fingerprint density at radius 1 is 1.03 bits per heavy atom. The summed E-state index contributed by atoms with van der Waals surface area (Å²) in [5, 5.41) is 49.7. The van der Waals surface area contributed by atoms with E-state index in [1.165, 1.54) is 19.2 Å². The summed E-state index contributed by atoms with van der Waals surface area (Å²) in [4.78, 5) is 12.6. The van der Waals surface area contributed by atoms with Gasteiger partial charge in [0.25, 0.3) is 0 Å². The molecule has 0 amide bonds. The Labute approximate surface area is 177 Å². The predicted octanol–water partition coefficient (Wildman–Crippen LogP) is 1.61. The molecule has 1 heterocycles. The van der Waals surface area contributed by atoms with Gasteiger partial charge in [-0.1, -0.05) is 0 Å². The highest BCUT2D eigenvalue weighted by Gasteiger charge is 2.38. The number of aliphatic hydroxyl groups is 2. The van der Waals surface area contributed by atoms with Crippen LogP contribution in [0, 0.1) is 0 Å². The van der Waals surface area contributed by atoms with Gasteiger partial charge >= 0.3 is 0 Å². The molecule has 31 heavy (non-hydrogen) atoms. The second kappa shape index (κ2) is 8.88. The minimum absolute atomic E-state index is 0.0345. The van der Waals surface area contributed by atoms with Gasteiger partial charge in [0.15, 0.2) is 47.3 Å². The van der Waals surface area contributed by atoms with E-state index >= 15 is 0 Å². The van der Waals surface area contributed by atoms with Crippen LogP contribution in [-0.4, -0.2) is 63.5 Å². The fraction of sp³-hybridized carbons (Fsp3) is 0.381. The maximum atomic E-state index is 12.6. The summed E-state index contributed by atoms with van der Waals surface area (Å²) in [6.07, 6.45) is -4.30. The van der Waals surface area contributed by atoms with Gasteiger partial charge in [0.05, 0.1) is 12.2 Å². The van der Waals surface area contributed by atoms with Crippen LogP contribution in [0.15, 0.2) is 24.3 Å². The normalized spacial score (nSPS) is 19.8. The van der Waals surface area contributed by atoms with E-state index in [0.717, 1.165) is 12.1 Å². The third-order valence-electron chi connectivity index (χ3n) is 4.74. The summed E-state index contributed by atoms with van der Waals surface area (Å²) in [5.41, 5.74) is 0.0864. The first-order valence-electron chi connectivity index (χ1n) is 9.45. The summed E-state index contributed by atoms with van der Waals surface area (Å²) >= 11 is 0. The molecule has 10 heteroatoms. The average Bonchev–Trinajstić information content (AvgIpc) is 2.74. The lowest BCUT2D eigenvalue weighted by Crippen LogP contribution is -2.36. The number of Topliss-reactive ketones (excluding diaryl/α,β-unsaturated/α-hetero) is 1. The largest absolute Gasteiger partial charge is 0.504 e. The van der Waals surface area contributed by atoms with Crippen molar-refractivity contribution < 1.29 is 49.3 Å². The van der Waals surface area contributed by atoms with Crippen LogP contribution in [0.25, 0.3) is 0 Å². The van der Waals surface area contributed by atoms with E-state index in [4.69, 9.17) is 18.9 Å². The Bertz CT molecular complexity index is 973. The molecule has 2 aromatic rings. The Balaban J connectivity index is 2.05. The number of hydrogen-bond donors (Lipinski definition) is 5. The molecule has 1 aliphatic rings. The Hall–Kier alpha value is -3.21. The van der Waals surface area contributed by atoms with Crippen LogP contribution in [0.1, 0.15) is 35.9 Å². The van der Waals surface area contributed by atoms with E-state index in [9.17, 15) is 30.3 Å². The maximum Gasteiger partial charge on any atom is 0.203 e. The number of benzene rings is 2. The van der Waals surface area contributed by atoms with Crippen molar-refractivity contribution in [3.05, 3.63) is 35.4 Å². The Morgan fingerprint density at radius 2 is 1.71 bits per heavy atom. The topological polar surface area (TPSA) is 155 Å². The van der Waals surface area contributed by atoms with Crippen LogP contribution in [-0.2, 0) is 4.74 Å². The molecule has 4 atom stereocenters. The van der Waals surface area contributed by atoms with Crippen LogP contribution in [0.5, 0.6) is 34.5 Å². The molecule has 4 unspecified atom stereocenters. The average molecular weight is 436 g/mol. The Kier molecular flexibility index (Phi) is 6.44. The van der Waals surface area contributed by atoms with Crippen LogP contribution in [0.2, 0.25) is 0 Å².